The summed E-state index contributed by atoms with van der Waals surface area (Å²) in [4.78, 5) is 59.0. The normalized spacial score (nSPS) is 19.0. The molecule has 0 aliphatic carbocycles. The molecule has 2 aliphatic heterocycles. The zero-order chi connectivity index (χ0) is 29.5. The molecule has 3 atom stereocenters. The minimum atomic E-state index is -0.468. The Kier molecular flexibility index (Phi) is 13.8. The highest BCUT2D eigenvalue weighted by atomic mass is 32.2. The Hall–Kier alpha value is -3.28. The first kappa shape index (κ1) is 32.2. The number of hydrogen-bond acceptors (Lipinski definition) is 8. The third-order valence-corrected chi connectivity index (χ3v) is 8.63. The molecule has 0 bridgehead atoms. The number of thioether (sulfide) groups is 1. The van der Waals surface area contributed by atoms with Gasteiger partial charge < -0.3 is 30.7 Å². The average molecular weight is 591 g/mol. The Bertz CT molecular complexity index is 1050. The van der Waals surface area contributed by atoms with E-state index in [2.05, 4.69) is 26.0 Å². The van der Waals surface area contributed by atoms with E-state index in [0.29, 0.717) is 69.0 Å². The highest BCUT2D eigenvalue weighted by molar-refractivity contribution is 8.00. The summed E-state index contributed by atoms with van der Waals surface area (Å²) < 4.78 is 9.90. The number of Topliss-reactive ketones (excluding diaryl/α,β-unsaturated/α-hetero) is 1. The number of esters is 1. The van der Waals surface area contributed by atoms with E-state index < -0.39 is 5.97 Å². The monoisotopic (exact) mass is 590 g/mol. The van der Waals surface area contributed by atoms with Crippen molar-refractivity contribution in [2.75, 3.05) is 26.0 Å². The predicted octanol–water partition coefficient (Wildman–Crippen LogP) is 2.61. The first-order valence-corrected chi connectivity index (χ1v) is 15.4. The minimum absolute atomic E-state index is 0.0108. The molecule has 2 aliphatic rings. The van der Waals surface area contributed by atoms with Crippen LogP contribution in [0.4, 0.5) is 4.79 Å². The molecule has 4 amide bonds. The van der Waals surface area contributed by atoms with E-state index in [9.17, 15) is 24.0 Å². The topological polar surface area (TPSA) is 152 Å². The molecule has 3 rings (SSSR count). The van der Waals surface area contributed by atoms with Gasteiger partial charge in [-0.15, -0.1) is 0 Å². The van der Waals surface area contributed by atoms with Crippen molar-refractivity contribution < 1.29 is 33.4 Å². The van der Waals surface area contributed by atoms with Gasteiger partial charge in [-0.2, -0.15) is 11.8 Å². The van der Waals surface area contributed by atoms with Gasteiger partial charge in [-0.25, -0.2) is 9.59 Å². The van der Waals surface area contributed by atoms with Crippen molar-refractivity contribution >= 4 is 41.4 Å². The summed E-state index contributed by atoms with van der Waals surface area (Å²) in [6, 6.07) is 7.47. The molecule has 1 aromatic rings. The number of ketones is 1. The van der Waals surface area contributed by atoms with E-state index in [-0.39, 0.29) is 42.3 Å². The van der Waals surface area contributed by atoms with Crippen molar-refractivity contribution in [1.29, 1.82) is 0 Å². The molecule has 11 nitrogen and oxygen atoms in total. The first-order valence-electron chi connectivity index (χ1n) is 14.4. The highest BCUT2D eigenvalue weighted by Crippen LogP contribution is 2.33. The van der Waals surface area contributed by atoms with Gasteiger partial charge in [0, 0.05) is 49.8 Å². The van der Waals surface area contributed by atoms with Crippen molar-refractivity contribution in [2.24, 2.45) is 0 Å². The van der Waals surface area contributed by atoms with E-state index in [0.717, 1.165) is 30.6 Å². The molecule has 0 aromatic heterocycles. The fraction of sp³-hybridized carbons (Fsp3) is 0.621. The maximum absolute atomic E-state index is 12.1. The van der Waals surface area contributed by atoms with Gasteiger partial charge in [0.1, 0.15) is 11.5 Å². The Labute approximate surface area is 245 Å². The van der Waals surface area contributed by atoms with Gasteiger partial charge in [0.05, 0.1) is 19.2 Å². The lowest BCUT2D eigenvalue weighted by Gasteiger charge is -2.16. The van der Waals surface area contributed by atoms with E-state index in [1.54, 1.807) is 18.2 Å². The Morgan fingerprint density at radius 1 is 0.951 bits per heavy atom. The quantitative estimate of drug-likeness (QED) is 0.109. The average Bonchev–Trinajstić information content (AvgIpc) is 3.52. The van der Waals surface area contributed by atoms with E-state index in [1.807, 2.05) is 17.8 Å². The highest BCUT2D eigenvalue weighted by Gasteiger charge is 2.42. The van der Waals surface area contributed by atoms with Gasteiger partial charge in [0.15, 0.2) is 6.61 Å². The van der Waals surface area contributed by atoms with E-state index >= 15 is 0 Å². The van der Waals surface area contributed by atoms with Gasteiger partial charge in [-0.3, -0.25) is 14.4 Å². The van der Waals surface area contributed by atoms with Crippen molar-refractivity contribution in [3.05, 3.63) is 29.8 Å². The summed E-state index contributed by atoms with van der Waals surface area (Å²) >= 11 is 1.88. The number of benzene rings is 1. The predicted molar refractivity (Wildman–Crippen MR) is 155 cm³/mol. The van der Waals surface area contributed by atoms with E-state index in [1.165, 1.54) is 7.11 Å². The van der Waals surface area contributed by atoms with Crippen LogP contribution in [-0.2, 0) is 30.5 Å². The third kappa shape index (κ3) is 12.0. The van der Waals surface area contributed by atoms with Crippen molar-refractivity contribution in [1.82, 2.24) is 21.3 Å². The van der Waals surface area contributed by atoms with Crippen LogP contribution in [0.25, 0.3) is 0 Å². The lowest BCUT2D eigenvalue weighted by Crippen LogP contribution is -2.36. The van der Waals surface area contributed by atoms with Crippen LogP contribution in [0.1, 0.15) is 69.8 Å². The van der Waals surface area contributed by atoms with Crippen LogP contribution in [0.5, 0.6) is 5.75 Å². The first-order chi connectivity index (χ1) is 19.8. The van der Waals surface area contributed by atoms with Crippen LogP contribution < -0.4 is 26.0 Å². The van der Waals surface area contributed by atoms with Gasteiger partial charge in [0.2, 0.25) is 11.8 Å². The second-order valence-electron chi connectivity index (χ2n) is 10.4. The summed E-state index contributed by atoms with van der Waals surface area (Å²) in [5, 5.41) is 12.1. The van der Waals surface area contributed by atoms with Crippen LogP contribution in [-0.4, -0.2) is 72.9 Å². The van der Waals surface area contributed by atoms with Crippen LogP contribution in [0.2, 0.25) is 0 Å². The maximum atomic E-state index is 12.1. The fourth-order valence-corrected chi connectivity index (χ4v) is 6.39. The van der Waals surface area contributed by atoms with E-state index in [4.69, 9.17) is 4.74 Å². The number of rotatable bonds is 19. The third-order valence-electron chi connectivity index (χ3n) is 7.12. The summed E-state index contributed by atoms with van der Waals surface area (Å²) in [5.74, 6) is 1.06. The number of amides is 4. The minimum Gasteiger partial charge on any atom is -0.482 e. The molecule has 0 spiro atoms. The summed E-state index contributed by atoms with van der Waals surface area (Å²) in [5.41, 5.74) is 0.849. The van der Waals surface area contributed by atoms with Gasteiger partial charge >= 0.3 is 12.0 Å². The second-order valence-corrected chi connectivity index (χ2v) is 11.6. The Morgan fingerprint density at radius 2 is 1.68 bits per heavy atom. The zero-order valence-electron chi connectivity index (χ0n) is 23.7. The molecule has 41 heavy (non-hydrogen) atoms. The molecule has 2 saturated heterocycles. The van der Waals surface area contributed by atoms with Crippen molar-refractivity contribution in [3.63, 3.8) is 0 Å². The molecule has 4 N–H and O–H groups in total. The van der Waals surface area contributed by atoms with Crippen molar-refractivity contribution in [2.45, 2.75) is 88.1 Å². The molecule has 2 fully saturated rings. The fourth-order valence-electron chi connectivity index (χ4n) is 4.84. The molecular weight excluding hydrogens is 548 g/mol. The second kappa shape index (κ2) is 17.5. The molecule has 2 heterocycles. The lowest BCUT2D eigenvalue weighted by atomic mass is 10.0. The molecule has 0 saturated carbocycles. The lowest BCUT2D eigenvalue weighted by molar-refractivity contribution is -0.143. The number of unbranched alkanes of at least 4 members (excludes halogenated alkanes) is 2. The molecule has 1 aromatic carbocycles. The maximum Gasteiger partial charge on any atom is 0.343 e. The smallest absolute Gasteiger partial charge is 0.343 e. The molecule has 0 unspecified atom stereocenters. The number of nitrogens with one attached hydrogen (secondary N) is 4. The van der Waals surface area contributed by atoms with Crippen LogP contribution in [0.15, 0.2) is 24.3 Å². The van der Waals surface area contributed by atoms with Crippen LogP contribution >= 0.6 is 11.8 Å². The number of carbonyl (C=O) groups is 5. The summed E-state index contributed by atoms with van der Waals surface area (Å²) in [7, 11) is 1.29. The number of methoxy groups -OCH3 is 1. The molecule has 0 radical (unpaired) electrons. The van der Waals surface area contributed by atoms with Gasteiger partial charge in [-0.05, 0) is 49.8 Å². The van der Waals surface area contributed by atoms with Gasteiger partial charge in [-0.1, -0.05) is 18.6 Å². The number of ether oxygens (including phenoxy) is 2. The standard InChI is InChI=1S/C29H42N4O7S/c1-39-27(37)18-40-22-11-6-8-20(16-22)17-31-26(36)14-4-2-9-21(34)10-7-15-30-25(35)13-5-3-12-24-28-23(19-41-24)32-29(38)33-28/h6,8,11,16,23-24,28H,2-5,7,9-10,12-15,17-19H2,1H3,(H,30,35)(H,31,36)(H2,32,33,38)/t23-,24-,28-/m0/s1. The SMILES string of the molecule is COC(=O)COc1cccc(CNC(=O)CCCCC(=O)CCCNC(=O)CCCC[C@@H]2SC[C@@H]3NC(=O)N[C@@H]32)c1. The van der Waals surface area contributed by atoms with Crippen molar-refractivity contribution in [3.8, 4) is 5.75 Å². The summed E-state index contributed by atoms with van der Waals surface area (Å²) in [6.45, 7) is 0.654. The number of carbonyl (C=O) groups excluding carboxylic acids is 5. The summed E-state index contributed by atoms with van der Waals surface area (Å²) in [6.07, 6.45) is 6.29. The number of hydrogen-bond donors (Lipinski definition) is 4. The zero-order valence-corrected chi connectivity index (χ0v) is 24.5. The van der Waals surface area contributed by atoms with Crippen LogP contribution in [0.3, 0.4) is 0 Å². The van der Waals surface area contributed by atoms with Crippen LogP contribution in [0, 0.1) is 0 Å². The molecule has 12 heteroatoms. The van der Waals surface area contributed by atoms with Gasteiger partial charge in [0.25, 0.3) is 0 Å². The largest absolute Gasteiger partial charge is 0.482 e. The molecule has 226 valence electrons. The number of fused-ring (bicyclic) bond motifs is 1. The Morgan fingerprint density at radius 3 is 2.49 bits per heavy atom. The number of urea groups is 1. The molecular formula is C29H42N4O7S. The Balaban J connectivity index is 1.14.